The molecule has 1 saturated heterocycles. The zero-order chi connectivity index (χ0) is 22.5. The van der Waals surface area contributed by atoms with Gasteiger partial charge < -0.3 is 4.52 Å². The van der Waals surface area contributed by atoms with E-state index in [1.54, 1.807) is 18.2 Å². The number of rotatable bonds is 7. The van der Waals surface area contributed by atoms with Gasteiger partial charge in [-0.25, -0.2) is 0 Å². The molecule has 0 saturated carbocycles. The van der Waals surface area contributed by atoms with E-state index in [2.05, 4.69) is 75.6 Å². The van der Waals surface area contributed by atoms with E-state index in [0.717, 1.165) is 31.9 Å². The summed E-state index contributed by atoms with van der Waals surface area (Å²) in [6.07, 6.45) is 0. The van der Waals surface area contributed by atoms with Crippen molar-refractivity contribution in [3.63, 3.8) is 0 Å². The zero-order valence-electron chi connectivity index (χ0n) is 18.5. The van der Waals surface area contributed by atoms with Crippen LogP contribution in [-0.2, 0) is 6.54 Å². The largest absolute Gasteiger partial charge is 0.359 e. The van der Waals surface area contributed by atoms with Crippen LogP contribution in [0.5, 0.6) is 0 Å². The molecule has 0 amide bonds. The lowest BCUT2D eigenvalue weighted by molar-refractivity contribution is 0.0977. The Morgan fingerprint density at radius 3 is 1.91 bits per heavy atom. The predicted molar refractivity (Wildman–Crippen MR) is 128 cm³/mol. The summed E-state index contributed by atoms with van der Waals surface area (Å²) in [7, 11) is 0. The SMILES string of the molecule is O=C(c1ccccc1)c1cc(CN2CCN(C(c3ccccc3)c3ccccc3)CC2)on1. The van der Waals surface area contributed by atoms with Crippen molar-refractivity contribution in [3.8, 4) is 0 Å². The van der Waals surface area contributed by atoms with Crippen molar-refractivity contribution in [3.05, 3.63) is 125 Å². The molecule has 0 unspecified atom stereocenters. The van der Waals surface area contributed by atoms with Gasteiger partial charge in [0.25, 0.3) is 0 Å². The smallest absolute Gasteiger partial charge is 0.214 e. The number of hydrogen-bond acceptors (Lipinski definition) is 5. The van der Waals surface area contributed by atoms with E-state index >= 15 is 0 Å². The van der Waals surface area contributed by atoms with Crippen LogP contribution in [0.1, 0.15) is 39.0 Å². The standard InChI is InChI=1S/C28H27N3O2/c32-28(24-14-8-3-9-15-24)26-20-25(33-29-26)21-30-16-18-31(19-17-30)27(22-10-4-1-5-11-22)23-12-6-2-7-13-23/h1-15,20,27H,16-19,21H2. The fraction of sp³-hybridized carbons (Fsp3) is 0.214. The second-order valence-electron chi connectivity index (χ2n) is 8.41. The summed E-state index contributed by atoms with van der Waals surface area (Å²) in [5, 5.41) is 4.02. The molecule has 33 heavy (non-hydrogen) atoms. The summed E-state index contributed by atoms with van der Waals surface area (Å²) in [6.45, 7) is 4.43. The third-order valence-electron chi connectivity index (χ3n) is 6.21. The molecule has 2 heterocycles. The highest BCUT2D eigenvalue weighted by Gasteiger charge is 2.27. The van der Waals surface area contributed by atoms with Crippen LogP contribution < -0.4 is 0 Å². The molecular formula is C28H27N3O2. The molecule has 0 N–H and O–H groups in total. The van der Waals surface area contributed by atoms with E-state index in [1.165, 1.54) is 11.1 Å². The van der Waals surface area contributed by atoms with Crippen LogP contribution in [0.25, 0.3) is 0 Å². The number of benzene rings is 3. The molecule has 5 rings (SSSR count). The van der Waals surface area contributed by atoms with E-state index in [0.29, 0.717) is 17.8 Å². The summed E-state index contributed by atoms with van der Waals surface area (Å²) in [5.74, 6) is 0.620. The molecule has 4 aromatic rings. The number of carbonyl (C=O) groups excluding carboxylic acids is 1. The minimum atomic E-state index is -0.107. The number of carbonyl (C=O) groups is 1. The Hall–Kier alpha value is -3.54. The van der Waals surface area contributed by atoms with Crippen LogP contribution in [0.3, 0.4) is 0 Å². The summed E-state index contributed by atoms with van der Waals surface area (Å²) >= 11 is 0. The van der Waals surface area contributed by atoms with Gasteiger partial charge in [-0.1, -0.05) is 96.2 Å². The molecule has 0 aliphatic carbocycles. The Morgan fingerprint density at radius 1 is 0.788 bits per heavy atom. The Bertz CT molecular complexity index is 1130. The van der Waals surface area contributed by atoms with Crippen LogP contribution >= 0.6 is 0 Å². The van der Waals surface area contributed by atoms with E-state index in [4.69, 9.17) is 4.52 Å². The molecule has 0 radical (unpaired) electrons. The highest BCUT2D eigenvalue weighted by Crippen LogP contribution is 2.29. The number of piperazine rings is 1. The normalized spacial score (nSPS) is 15.1. The van der Waals surface area contributed by atoms with Crippen LogP contribution in [-0.4, -0.2) is 46.9 Å². The monoisotopic (exact) mass is 437 g/mol. The topological polar surface area (TPSA) is 49.6 Å². The molecule has 1 fully saturated rings. The van der Waals surface area contributed by atoms with E-state index < -0.39 is 0 Å². The van der Waals surface area contributed by atoms with Gasteiger partial charge in [0, 0.05) is 37.8 Å². The number of ketones is 1. The van der Waals surface area contributed by atoms with Crippen molar-refractivity contribution in [2.75, 3.05) is 26.2 Å². The van der Waals surface area contributed by atoms with Gasteiger partial charge in [0.1, 0.15) is 0 Å². The first-order chi connectivity index (χ1) is 16.3. The van der Waals surface area contributed by atoms with Crippen LogP contribution in [0.4, 0.5) is 0 Å². The quantitative estimate of drug-likeness (QED) is 0.388. The fourth-order valence-corrected chi connectivity index (χ4v) is 4.52. The third kappa shape index (κ3) is 4.95. The highest BCUT2D eigenvalue weighted by atomic mass is 16.5. The van der Waals surface area contributed by atoms with Gasteiger partial charge >= 0.3 is 0 Å². The molecular weight excluding hydrogens is 410 g/mol. The highest BCUT2D eigenvalue weighted by molar-refractivity contribution is 6.07. The number of hydrogen-bond donors (Lipinski definition) is 0. The van der Waals surface area contributed by atoms with E-state index in [9.17, 15) is 4.79 Å². The van der Waals surface area contributed by atoms with Crippen LogP contribution in [0.15, 0.2) is 102 Å². The minimum Gasteiger partial charge on any atom is -0.359 e. The van der Waals surface area contributed by atoms with E-state index in [-0.39, 0.29) is 11.8 Å². The minimum absolute atomic E-state index is 0.107. The van der Waals surface area contributed by atoms with Crippen molar-refractivity contribution in [2.24, 2.45) is 0 Å². The van der Waals surface area contributed by atoms with Gasteiger partial charge in [-0.05, 0) is 11.1 Å². The first kappa shape index (κ1) is 21.3. The lowest BCUT2D eigenvalue weighted by atomic mass is 9.96. The maximum atomic E-state index is 12.6. The average Bonchev–Trinajstić information content (AvgIpc) is 3.35. The van der Waals surface area contributed by atoms with Gasteiger partial charge in [0.2, 0.25) is 5.78 Å². The maximum absolute atomic E-state index is 12.6. The molecule has 1 aliphatic heterocycles. The first-order valence-corrected chi connectivity index (χ1v) is 11.4. The van der Waals surface area contributed by atoms with Crippen molar-refractivity contribution >= 4 is 5.78 Å². The summed E-state index contributed by atoms with van der Waals surface area (Å²) in [6, 6.07) is 32.6. The van der Waals surface area contributed by atoms with Crippen LogP contribution in [0.2, 0.25) is 0 Å². The predicted octanol–water partition coefficient (Wildman–Crippen LogP) is 4.81. The lowest BCUT2D eigenvalue weighted by Gasteiger charge is -2.39. The molecule has 3 aromatic carbocycles. The Kier molecular flexibility index (Phi) is 6.42. The molecule has 5 heteroatoms. The molecule has 1 aliphatic rings. The van der Waals surface area contributed by atoms with Gasteiger partial charge in [0.15, 0.2) is 11.5 Å². The van der Waals surface area contributed by atoms with Gasteiger partial charge in [-0.15, -0.1) is 0 Å². The summed E-state index contributed by atoms with van der Waals surface area (Å²) < 4.78 is 5.50. The number of nitrogens with zero attached hydrogens (tertiary/aromatic N) is 3. The van der Waals surface area contributed by atoms with Crippen molar-refractivity contribution in [2.45, 2.75) is 12.6 Å². The van der Waals surface area contributed by atoms with Crippen molar-refractivity contribution in [1.29, 1.82) is 0 Å². The average molecular weight is 438 g/mol. The zero-order valence-corrected chi connectivity index (χ0v) is 18.5. The van der Waals surface area contributed by atoms with Gasteiger partial charge in [-0.2, -0.15) is 0 Å². The molecule has 5 nitrogen and oxygen atoms in total. The molecule has 166 valence electrons. The molecule has 0 spiro atoms. The fourth-order valence-electron chi connectivity index (χ4n) is 4.52. The first-order valence-electron chi connectivity index (χ1n) is 11.4. The van der Waals surface area contributed by atoms with E-state index in [1.807, 2.05) is 18.2 Å². The molecule has 0 bridgehead atoms. The van der Waals surface area contributed by atoms with Crippen LogP contribution in [0, 0.1) is 0 Å². The van der Waals surface area contributed by atoms with Gasteiger partial charge in [0.05, 0.1) is 12.6 Å². The maximum Gasteiger partial charge on any atom is 0.214 e. The van der Waals surface area contributed by atoms with Crippen molar-refractivity contribution < 1.29 is 9.32 Å². The third-order valence-corrected chi connectivity index (χ3v) is 6.21. The Morgan fingerprint density at radius 2 is 1.33 bits per heavy atom. The Labute approximate surface area is 194 Å². The molecule has 1 aromatic heterocycles. The van der Waals surface area contributed by atoms with Crippen molar-refractivity contribution in [1.82, 2.24) is 15.0 Å². The number of aromatic nitrogens is 1. The second-order valence-corrected chi connectivity index (χ2v) is 8.41. The molecule has 0 atom stereocenters. The second kappa shape index (κ2) is 9.94. The summed E-state index contributed by atoms with van der Waals surface area (Å²) in [5.41, 5.74) is 3.62. The van der Waals surface area contributed by atoms with Gasteiger partial charge in [-0.3, -0.25) is 14.6 Å². The Balaban J connectivity index is 1.24. The summed E-state index contributed by atoms with van der Waals surface area (Å²) in [4.78, 5) is 17.5. The lowest BCUT2D eigenvalue weighted by Crippen LogP contribution is -2.47.